The van der Waals surface area contributed by atoms with Crippen molar-refractivity contribution < 1.29 is 4.74 Å². The number of allylic oxidation sites excluding steroid dienone is 4. The summed E-state index contributed by atoms with van der Waals surface area (Å²) in [6.07, 6.45) is 12.8. The number of benzene rings is 4. The Bertz CT molecular complexity index is 1950. The summed E-state index contributed by atoms with van der Waals surface area (Å²) in [6.45, 7) is 13.8. The zero-order valence-corrected chi connectivity index (χ0v) is 27.7. The van der Waals surface area contributed by atoms with Crippen LogP contribution in [0.2, 0.25) is 5.31 Å². The van der Waals surface area contributed by atoms with Gasteiger partial charge in [-0.3, -0.25) is 0 Å². The fourth-order valence-corrected chi connectivity index (χ4v) is 8.04. The molecule has 0 spiro atoms. The molecule has 2 heterocycles. The SMILES string of the molecule is Cc1ccc(N(C2=CC3Oc4cccc5c4B(C4=C(C=CCC4C)N5c4ccccc4)C3(C)C=C2)c2ccc(C)c(C)c2)cc1C. The first-order valence-corrected chi connectivity index (χ1v) is 16.7. The Morgan fingerprint density at radius 2 is 1.50 bits per heavy atom. The van der Waals surface area contributed by atoms with Crippen molar-refractivity contribution in [2.45, 2.75) is 59.4 Å². The van der Waals surface area contributed by atoms with Gasteiger partial charge in [0.15, 0.2) is 0 Å². The molecule has 3 atom stereocenters. The van der Waals surface area contributed by atoms with E-state index in [2.05, 4.69) is 167 Å². The van der Waals surface area contributed by atoms with E-state index < -0.39 is 0 Å². The van der Waals surface area contributed by atoms with Crippen molar-refractivity contribution in [3.8, 4) is 5.75 Å². The van der Waals surface area contributed by atoms with Crippen LogP contribution in [0.15, 0.2) is 132 Å². The largest absolute Gasteiger partial charge is 0.487 e. The van der Waals surface area contributed by atoms with Crippen molar-refractivity contribution >= 4 is 34.9 Å². The van der Waals surface area contributed by atoms with Gasteiger partial charge >= 0.3 is 0 Å². The van der Waals surface area contributed by atoms with Gasteiger partial charge in [0.1, 0.15) is 11.9 Å². The van der Waals surface area contributed by atoms with Crippen molar-refractivity contribution in [1.82, 2.24) is 0 Å². The van der Waals surface area contributed by atoms with Gasteiger partial charge in [-0.15, -0.1) is 0 Å². The lowest BCUT2D eigenvalue weighted by molar-refractivity contribution is 0.209. The summed E-state index contributed by atoms with van der Waals surface area (Å²) in [5.74, 6) is 1.42. The van der Waals surface area contributed by atoms with Crippen LogP contribution in [-0.2, 0) is 0 Å². The zero-order valence-electron chi connectivity index (χ0n) is 27.7. The van der Waals surface area contributed by atoms with E-state index in [1.165, 1.54) is 50.3 Å². The van der Waals surface area contributed by atoms with Gasteiger partial charge in [-0.1, -0.05) is 67.9 Å². The topological polar surface area (TPSA) is 15.7 Å². The van der Waals surface area contributed by atoms with E-state index in [-0.39, 0.29) is 18.1 Å². The van der Waals surface area contributed by atoms with Gasteiger partial charge < -0.3 is 14.5 Å². The van der Waals surface area contributed by atoms with Crippen molar-refractivity contribution in [3.05, 3.63) is 154 Å². The molecular formula is C42H41BN2O. The van der Waals surface area contributed by atoms with Crippen LogP contribution in [-0.4, -0.2) is 12.8 Å². The van der Waals surface area contributed by atoms with Crippen molar-refractivity contribution in [1.29, 1.82) is 0 Å². The first-order valence-electron chi connectivity index (χ1n) is 16.7. The van der Waals surface area contributed by atoms with E-state index in [9.17, 15) is 0 Å². The van der Waals surface area contributed by atoms with Crippen molar-refractivity contribution in [2.75, 3.05) is 9.80 Å². The van der Waals surface area contributed by atoms with E-state index in [1.54, 1.807) is 0 Å². The van der Waals surface area contributed by atoms with Gasteiger partial charge in [0.05, 0.1) is 0 Å². The minimum Gasteiger partial charge on any atom is -0.487 e. The fourth-order valence-electron chi connectivity index (χ4n) is 8.04. The Kier molecular flexibility index (Phi) is 6.69. The molecule has 0 radical (unpaired) electrons. The molecule has 0 saturated heterocycles. The molecule has 2 aliphatic carbocycles. The average molecular weight is 601 g/mol. The smallest absolute Gasteiger partial charge is 0.229 e. The molecule has 0 bridgehead atoms. The van der Waals surface area contributed by atoms with Crippen LogP contribution in [0.25, 0.3) is 0 Å². The molecule has 2 aliphatic heterocycles. The lowest BCUT2D eigenvalue weighted by Crippen LogP contribution is -2.59. The van der Waals surface area contributed by atoms with E-state index in [1.807, 2.05) is 0 Å². The second kappa shape index (κ2) is 10.7. The highest BCUT2D eigenvalue weighted by molar-refractivity contribution is 6.86. The Balaban J connectivity index is 1.30. The number of nitrogens with zero attached hydrogens (tertiary/aromatic N) is 2. The summed E-state index contributed by atoms with van der Waals surface area (Å²) in [7, 11) is 0. The van der Waals surface area contributed by atoms with Crippen LogP contribution >= 0.6 is 0 Å². The second-order valence-electron chi connectivity index (χ2n) is 13.9. The minimum atomic E-state index is -0.256. The maximum atomic E-state index is 7.10. The normalized spacial score (nSPS) is 22.5. The molecule has 228 valence electrons. The van der Waals surface area contributed by atoms with Crippen molar-refractivity contribution in [2.24, 2.45) is 5.92 Å². The number of para-hydroxylation sites is 1. The lowest BCUT2D eigenvalue weighted by atomic mass is 9.22. The molecule has 4 aliphatic rings. The quantitative estimate of drug-likeness (QED) is 0.217. The molecule has 4 aromatic carbocycles. The van der Waals surface area contributed by atoms with Gasteiger partial charge in [0.25, 0.3) is 0 Å². The molecular weight excluding hydrogens is 559 g/mol. The number of ether oxygens (including phenoxy) is 1. The third-order valence-electron chi connectivity index (χ3n) is 10.9. The molecule has 46 heavy (non-hydrogen) atoms. The van der Waals surface area contributed by atoms with Gasteiger partial charge in [-0.25, -0.2) is 0 Å². The molecule has 0 aromatic heterocycles. The highest BCUT2D eigenvalue weighted by Crippen LogP contribution is 2.55. The number of aryl methyl sites for hydroxylation is 4. The number of hydrogen-bond acceptors (Lipinski definition) is 3. The molecule has 4 aromatic rings. The number of fused-ring (bicyclic) bond motifs is 3. The maximum Gasteiger partial charge on any atom is 0.229 e. The minimum absolute atomic E-state index is 0.129. The highest BCUT2D eigenvalue weighted by Gasteiger charge is 2.56. The molecule has 3 nitrogen and oxygen atoms in total. The first-order chi connectivity index (χ1) is 22.2. The molecule has 0 fully saturated rings. The Morgan fingerprint density at radius 1 is 0.804 bits per heavy atom. The molecule has 0 N–H and O–H groups in total. The number of anilines is 4. The fraction of sp³-hybridized carbons (Fsp3) is 0.238. The first kappa shape index (κ1) is 28.8. The van der Waals surface area contributed by atoms with Crippen LogP contribution in [0.3, 0.4) is 0 Å². The van der Waals surface area contributed by atoms with Gasteiger partial charge in [0.2, 0.25) is 6.71 Å². The van der Waals surface area contributed by atoms with E-state index >= 15 is 0 Å². The van der Waals surface area contributed by atoms with Gasteiger partial charge in [-0.2, -0.15) is 0 Å². The van der Waals surface area contributed by atoms with Crippen LogP contribution in [0, 0.1) is 33.6 Å². The number of rotatable bonds is 4. The third-order valence-corrected chi connectivity index (χ3v) is 10.9. The Morgan fingerprint density at radius 3 is 2.17 bits per heavy atom. The predicted molar refractivity (Wildman–Crippen MR) is 194 cm³/mol. The van der Waals surface area contributed by atoms with Crippen LogP contribution < -0.4 is 20.0 Å². The molecule has 8 rings (SSSR count). The second-order valence-corrected chi connectivity index (χ2v) is 13.9. The number of hydrogen-bond donors (Lipinski definition) is 0. The molecule has 3 unspecified atom stereocenters. The van der Waals surface area contributed by atoms with E-state index in [0.29, 0.717) is 5.92 Å². The molecule has 0 amide bonds. The summed E-state index contributed by atoms with van der Waals surface area (Å²) in [4.78, 5) is 4.86. The van der Waals surface area contributed by atoms with Crippen LogP contribution in [0.4, 0.5) is 22.7 Å². The summed E-state index contributed by atoms with van der Waals surface area (Å²) in [5.41, 5.74) is 15.2. The highest BCUT2D eigenvalue weighted by atomic mass is 16.5. The maximum absolute atomic E-state index is 7.10. The zero-order chi connectivity index (χ0) is 31.7. The third kappa shape index (κ3) is 4.34. The Labute approximate surface area is 274 Å². The standard InChI is InChI=1S/C42H41BN2O/c1-27-18-20-33(24-30(27)4)44(34-21-19-28(2)31(5)25-34)35-22-23-42(6)39(26-35)46-38-17-11-16-37-41(38)43(42)40-29(3)12-10-15-36(40)45(37)32-13-8-7-9-14-32/h7-11,13-26,29,39H,12H2,1-6H3. The Hall–Kier alpha value is -4.70. The summed E-state index contributed by atoms with van der Waals surface area (Å²) in [5, 5.41) is -0.256. The van der Waals surface area contributed by atoms with Gasteiger partial charge in [0, 0.05) is 39.5 Å². The molecule has 0 saturated carbocycles. The summed E-state index contributed by atoms with van der Waals surface area (Å²) < 4.78 is 7.10. The van der Waals surface area contributed by atoms with Crippen molar-refractivity contribution in [3.63, 3.8) is 0 Å². The van der Waals surface area contributed by atoms with Crippen LogP contribution in [0.5, 0.6) is 5.75 Å². The predicted octanol–water partition coefficient (Wildman–Crippen LogP) is 9.98. The van der Waals surface area contributed by atoms with Crippen LogP contribution in [0.1, 0.15) is 42.5 Å². The monoisotopic (exact) mass is 600 g/mol. The summed E-state index contributed by atoms with van der Waals surface area (Å²) >= 11 is 0. The van der Waals surface area contributed by atoms with E-state index in [4.69, 9.17) is 4.74 Å². The lowest BCUT2D eigenvalue weighted by Gasteiger charge is -2.52. The summed E-state index contributed by atoms with van der Waals surface area (Å²) in [6, 6.07) is 31.0. The average Bonchev–Trinajstić information content (AvgIpc) is 3.05. The van der Waals surface area contributed by atoms with E-state index in [0.717, 1.165) is 29.2 Å². The van der Waals surface area contributed by atoms with Gasteiger partial charge in [-0.05, 0) is 135 Å². The molecule has 4 heteroatoms.